The molecule has 0 heterocycles. The first-order chi connectivity index (χ1) is 32.8. The van der Waals surface area contributed by atoms with Gasteiger partial charge in [-0.3, -0.25) is 0 Å². The van der Waals surface area contributed by atoms with Gasteiger partial charge in [0, 0.05) is 0 Å². The smallest absolute Gasteiger partial charge is 0.000741 e. The zero-order valence-corrected chi connectivity index (χ0v) is 36.2. The van der Waals surface area contributed by atoms with Gasteiger partial charge < -0.3 is 0 Å². The van der Waals surface area contributed by atoms with Crippen molar-refractivity contribution >= 4 is 64.6 Å². The first-order valence-corrected chi connectivity index (χ1v) is 22.9. The molecule has 0 amide bonds. The number of hydrogen-bond donors (Lipinski definition) is 0. The topological polar surface area (TPSA) is 0 Å². The molecule has 13 aromatic rings. The maximum atomic E-state index is 2.47. The molecular formula is C66H42. The normalized spacial score (nSPS) is 11.6. The maximum Gasteiger partial charge on any atom is -0.000741 e. The standard InChI is InChI=1S/C66H42/c1-4-22-43(23-5-1)61-64(58-40-46-28-10-13-31-49(46)52-34-16-19-37-55(52)58)62(44-24-6-2-7-25-44)66(60-42-48-30-12-15-33-51(48)54-36-18-21-39-57(54)60)63(45-26-8-3-9-27-45)65(61)59-41-47-29-11-14-32-50(47)53-35-17-20-38-56(53)59/h1-42H. The van der Waals surface area contributed by atoms with Crippen molar-refractivity contribution in [3.63, 3.8) is 0 Å². The van der Waals surface area contributed by atoms with Gasteiger partial charge in [-0.1, -0.05) is 237 Å². The Morgan fingerprint density at radius 2 is 0.364 bits per heavy atom. The third-order valence-electron chi connectivity index (χ3n) is 13.8. The minimum atomic E-state index is 1.17. The molecule has 0 nitrogen and oxygen atoms in total. The summed E-state index contributed by atoms with van der Waals surface area (Å²) in [5.41, 5.74) is 14.4. The van der Waals surface area contributed by atoms with Gasteiger partial charge in [0.2, 0.25) is 0 Å². The lowest BCUT2D eigenvalue weighted by Gasteiger charge is -2.30. The molecule has 0 aliphatic rings. The lowest BCUT2D eigenvalue weighted by molar-refractivity contribution is 1.54. The van der Waals surface area contributed by atoms with Crippen LogP contribution in [0.2, 0.25) is 0 Å². The Balaban J connectivity index is 1.39. The van der Waals surface area contributed by atoms with Crippen LogP contribution in [0.1, 0.15) is 0 Å². The maximum absolute atomic E-state index is 2.47. The van der Waals surface area contributed by atoms with Gasteiger partial charge in [0.25, 0.3) is 0 Å². The van der Waals surface area contributed by atoms with Crippen LogP contribution in [0.15, 0.2) is 255 Å². The highest BCUT2D eigenvalue weighted by molar-refractivity contribution is 6.26. The van der Waals surface area contributed by atoms with Gasteiger partial charge in [-0.25, -0.2) is 0 Å². The Labute approximate surface area is 384 Å². The highest BCUT2D eigenvalue weighted by Gasteiger charge is 2.32. The monoisotopic (exact) mass is 834 g/mol. The molecule has 13 rings (SSSR count). The Morgan fingerprint density at radius 1 is 0.152 bits per heavy atom. The van der Waals surface area contributed by atoms with Crippen molar-refractivity contribution in [2.75, 3.05) is 0 Å². The van der Waals surface area contributed by atoms with Gasteiger partial charge in [0.15, 0.2) is 0 Å². The fraction of sp³-hybridized carbons (Fsp3) is 0. The molecule has 0 fully saturated rings. The highest BCUT2D eigenvalue weighted by atomic mass is 14.3. The van der Waals surface area contributed by atoms with Crippen molar-refractivity contribution < 1.29 is 0 Å². The SMILES string of the molecule is c1ccc(-c2c(-c3cc4ccccc4c4ccccc34)c(-c3ccccc3)c(-c3cc4ccccc4c4ccccc34)c(-c3ccccc3)c2-c2cc3ccccc3c3ccccc23)cc1. The van der Waals surface area contributed by atoms with E-state index in [-0.39, 0.29) is 0 Å². The molecule has 0 aromatic heterocycles. The molecule has 0 saturated heterocycles. The Morgan fingerprint density at radius 3 is 0.636 bits per heavy atom. The van der Waals surface area contributed by atoms with E-state index in [1.807, 2.05) is 0 Å². The minimum Gasteiger partial charge on any atom is -0.0622 e. The molecule has 0 bridgehead atoms. The Bertz CT molecular complexity index is 3570. The second-order valence-electron chi connectivity index (χ2n) is 17.4. The fourth-order valence-electron chi connectivity index (χ4n) is 11.0. The summed E-state index contributed by atoms with van der Waals surface area (Å²) in [6, 6.07) is 94.8. The summed E-state index contributed by atoms with van der Waals surface area (Å²) in [6.07, 6.45) is 0. The first-order valence-electron chi connectivity index (χ1n) is 22.9. The molecular weight excluding hydrogens is 793 g/mol. The summed E-state index contributed by atoms with van der Waals surface area (Å²) in [4.78, 5) is 0. The second kappa shape index (κ2) is 15.6. The summed E-state index contributed by atoms with van der Waals surface area (Å²) in [6.45, 7) is 0. The number of fused-ring (bicyclic) bond motifs is 9. The molecule has 0 N–H and O–H groups in total. The van der Waals surface area contributed by atoms with E-state index in [9.17, 15) is 0 Å². The van der Waals surface area contributed by atoms with Gasteiger partial charge in [0.1, 0.15) is 0 Å². The van der Waals surface area contributed by atoms with Crippen LogP contribution in [0.25, 0.3) is 131 Å². The van der Waals surface area contributed by atoms with Crippen LogP contribution in [0.4, 0.5) is 0 Å². The lowest BCUT2D eigenvalue weighted by atomic mass is 9.72. The van der Waals surface area contributed by atoms with Gasteiger partial charge in [-0.15, -0.1) is 0 Å². The molecule has 0 unspecified atom stereocenters. The van der Waals surface area contributed by atoms with Crippen LogP contribution < -0.4 is 0 Å². The number of hydrogen-bond acceptors (Lipinski definition) is 0. The zero-order valence-electron chi connectivity index (χ0n) is 36.2. The second-order valence-corrected chi connectivity index (χ2v) is 17.4. The van der Waals surface area contributed by atoms with E-state index in [1.54, 1.807) is 0 Å². The minimum absolute atomic E-state index is 1.17. The third-order valence-corrected chi connectivity index (χ3v) is 13.8. The van der Waals surface area contributed by atoms with Crippen molar-refractivity contribution in [2.45, 2.75) is 0 Å². The van der Waals surface area contributed by atoms with Crippen LogP contribution in [0.3, 0.4) is 0 Å². The summed E-state index contributed by atoms with van der Waals surface area (Å²) in [7, 11) is 0. The van der Waals surface area contributed by atoms with E-state index >= 15 is 0 Å². The van der Waals surface area contributed by atoms with E-state index < -0.39 is 0 Å². The van der Waals surface area contributed by atoms with Crippen molar-refractivity contribution in [3.05, 3.63) is 255 Å². The summed E-state index contributed by atoms with van der Waals surface area (Å²) in [5, 5.41) is 14.8. The van der Waals surface area contributed by atoms with E-state index in [2.05, 4.69) is 255 Å². The molecule has 66 heavy (non-hydrogen) atoms. The molecule has 0 heteroatoms. The third kappa shape index (κ3) is 6.00. The van der Waals surface area contributed by atoms with Crippen LogP contribution in [-0.2, 0) is 0 Å². The summed E-state index contributed by atoms with van der Waals surface area (Å²) >= 11 is 0. The zero-order chi connectivity index (χ0) is 43.6. The van der Waals surface area contributed by atoms with Gasteiger partial charge in [-0.2, -0.15) is 0 Å². The Kier molecular flexibility index (Phi) is 8.96. The Hall–Kier alpha value is -8.58. The van der Waals surface area contributed by atoms with Crippen molar-refractivity contribution in [3.8, 4) is 66.8 Å². The van der Waals surface area contributed by atoms with E-state index in [0.717, 1.165) is 0 Å². The van der Waals surface area contributed by atoms with Crippen LogP contribution in [0, 0.1) is 0 Å². The fourth-order valence-corrected chi connectivity index (χ4v) is 11.0. The molecule has 13 aromatic carbocycles. The predicted octanol–water partition coefficient (Wildman–Crippen LogP) is 18.6. The molecule has 0 aliphatic carbocycles. The molecule has 0 saturated carbocycles. The average molecular weight is 835 g/mol. The molecule has 306 valence electrons. The first kappa shape index (κ1) is 37.9. The highest BCUT2D eigenvalue weighted by Crippen LogP contribution is 2.59. The van der Waals surface area contributed by atoms with Crippen molar-refractivity contribution in [1.82, 2.24) is 0 Å². The van der Waals surface area contributed by atoms with Crippen LogP contribution in [0.5, 0.6) is 0 Å². The van der Waals surface area contributed by atoms with Crippen molar-refractivity contribution in [2.24, 2.45) is 0 Å². The average Bonchev–Trinajstić information content (AvgIpc) is 3.40. The molecule has 0 atom stereocenters. The van der Waals surface area contributed by atoms with Gasteiger partial charge >= 0.3 is 0 Å². The number of rotatable bonds is 6. The van der Waals surface area contributed by atoms with Gasteiger partial charge in [0.05, 0.1) is 0 Å². The number of benzene rings is 13. The summed E-state index contributed by atoms with van der Waals surface area (Å²) in [5.74, 6) is 0. The molecule has 0 aliphatic heterocycles. The molecule has 0 spiro atoms. The van der Waals surface area contributed by atoms with E-state index in [0.29, 0.717) is 0 Å². The molecule has 0 radical (unpaired) electrons. The van der Waals surface area contributed by atoms with Crippen LogP contribution >= 0.6 is 0 Å². The largest absolute Gasteiger partial charge is 0.0622 e. The summed E-state index contributed by atoms with van der Waals surface area (Å²) < 4.78 is 0. The van der Waals surface area contributed by atoms with Crippen molar-refractivity contribution in [1.29, 1.82) is 0 Å². The van der Waals surface area contributed by atoms with E-state index in [1.165, 1.54) is 131 Å². The quantitative estimate of drug-likeness (QED) is 0.146. The predicted molar refractivity (Wildman–Crippen MR) is 284 cm³/mol. The van der Waals surface area contributed by atoms with E-state index in [4.69, 9.17) is 0 Å². The lowest BCUT2D eigenvalue weighted by Crippen LogP contribution is -2.03. The van der Waals surface area contributed by atoms with Gasteiger partial charge in [-0.05, 0) is 150 Å². The van der Waals surface area contributed by atoms with Crippen LogP contribution in [-0.4, -0.2) is 0 Å².